The van der Waals surface area contributed by atoms with Gasteiger partial charge in [-0.3, -0.25) is 4.79 Å². The van der Waals surface area contributed by atoms with Crippen LogP contribution in [0.1, 0.15) is 11.7 Å². The number of carboxylic acids is 1. The van der Waals surface area contributed by atoms with Gasteiger partial charge in [-0.2, -0.15) is 0 Å². The first-order valence-corrected chi connectivity index (χ1v) is 5.54. The van der Waals surface area contributed by atoms with Crippen LogP contribution in [-0.2, 0) is 9.59 Å². The molecule has 1 heterocycles. The number of carbonyl (C=O) groups excluding carboxylic acids is 1. The number of aliphatic hydroxyl groups is 1. The van der Waals surface area contributed by atoms with Crippen molar-refractivity contribution in [2.24, 2.45) is 0 Å². The molecule has 16 heavy (non-hydrogen) atoms. The van der Waals surface area contributed by atoms with Gasteiger partial charge in [-0.25, -0.2) is 4.79 Å². The van der Waals surface area contributed by atoms with Crippen molar-refractivity contribution < 1.29 is 19.8 Å². The topological polar surface area (TPSA) is 86.6 Å². The maximum atomic E-state index is 11.1. The number of fused-ring (bicyclic) bond motifs is 1. The Labute approximate surface area is 95.5 Å². The fraction of sp³-hybridized carbons (Fsp3) is 0.200. The Hall–Kier alpha value is -1.53. The number of nitrogens with one attached hydrogen (secondary N) is 1. The first-order chi connectivity index (χ1) is 7.58. The lowest BCUT2D eigenvalue weighted by Gasteiger charge is -2.17. The van der Waals surface area contributed by atoms with Crippen LogP contribution >= 0.6 is 11.8 Å². The van der Waals surface area contributed by atoms with E-state index in [9.17, 15) is 14.7 Å². The van der Waals surface area contributed by atoms with E-state index in [1.165, 1.54) is 17.8 Å². The van der Waals surface area contributed by atoms with Crippen molar-refractivity contribution >= 4 is 29.3 Å². The van der Waals surface area contributed by atoms with Gasteiger partial charge < -0.3 is 15.5 Å². The molecule has 0 spiro atoms. The van der Waals surface area contributed by atoms with Crippen LogP contribution < -0.4 is 5.32 Å². The number of thioether (sulfide) groups is 1. The number of benzene rings is 1. The molecule has 1 unspecified atom stereocenters. The summed E-state index contributed by atoms with van der Waals surface area (Å²) in [7, 11) is 0. The molecule has 6 heteroatoms. The fourth-order valence-electron chi connectivity index (χ4n) is 1.41. The van der Waals surface area contributed by atoms with Gasteiger partial charge in [-0.05, 0) is 17.7 Å². The molecule has 1 atom stereocenters. The quantitative estimate of drug-likeness (QED) is 0.712. The number of hydrogen-bond donors (Lipinski definition) is 3. The van der Waals surface area contributed by atoms with Crippen molar-refractivity contribution in [2.45, 2.75) is 11.0 Å². The third-order valence-corrected chi connectivity index (χ3v) is 3.26. The molecule has 2 rings (SSSR count). The maximum Gasteiger partial charge on any atom is 0.337 e. The van der Waals surface area contributed by atoms with Crippen LogP contribution in [0.4, 0.5) is 5.69 Å². The molecule has 0 fully saturated rings. The number of anilines is 1. The van der Waals surface area contributed by atoms with Gasteiger partial charge in [0.2, 0.25) is 5.91 Å². The second-order valence-electron chi connectivity index (χ2n) is 3.33. The fourth-order valence-corrected chi connectivity index (χ4v) is 2.20. The number of carboxylic acid groups (broad SMARTS) is 1. The Morgan fingerprint density at radius 1 is 1.50 bits per heavy atom. The van der Waals surface area contributed by atoms with E-state index in [0.717, 1.165) is 4.90 Å². The summed E-state index contributed by atoms with van der Waals surface area (Å²) in [5.41, 5.74) is 0.813. The van der Waals surface area contributed by atoms with Crippen LogP contribution in [0.25, 0.3) is 0 Å². The van der Waals surface area contributed by atoms with Gasteiger partial charge in [0.15, 0.2) is 6.10 Å². The number of aliphatic hydroxyl groups excluding tert-OH is 1. The normalized spacial score (nSPS) is 16.2. The highest BCUT2D eigenvalue weighted by Crippen LogP contribution is 2.33. The second-order valence-corrected chi connectivity index (χ2v) is 4.35. The molecular formula is C10H9NO4S. The molecule has 5 nitrogen and oxygen atoms in total. The molecule has 1 aromatic rings. The summed E-state index contributed by atoms with van der Waals surface area (Å²) in [6, 6.07) is 4.72. The van der Waals surface area contributed by atoms with Gasteiger partial charge >= 0.3 is 5.97 Å². The molecule has 1 aromatic carbocycles. The lowest BCUT2D eigenvalue weighted by Crippen LogP contribution is -2.19. The molecule has 0 saturated heterocycles. The number of rotatable bonds is 2. The highest BCUT2D eigenvalue weighted by Gasteiger charge is 2.20. The molecule has 0 radical (unpaired) electrons. The summed E-state index contributed by atoms with van der Waals surface area (Å²) in [6.45, 7) is 0. The molecule has 0 aliphatic carbocycles. The summed E-state index contributed by atoms with van der Waals surface area (Å²) >= 11 is 1.38. The Kier molecular flexibility index (Phi) is 2.84. The molecule has 0 bridgehead atoms. The van der Waals surface area contributed by atoms with Crippen LogP contribution in [0.5, 0.6) is 0 Å². The Balaban J connectivity index is 2.34. The van der Waals surface area contributed by atoms with Crippen LogP contribution in [-0.4, -0.2) is 27.8 Å². The first kappa shape index (κ1) is 11.0. The van der Waals surface area contributed by atoms with E-state index < -0.39 is 12.1 Å². The summed E-state index contributed by atoms with van der Waals surface area (Å²) in [6.07, 6.45) is -1.56. The molecule has 84 valence electrons. The van der Waals surface area contributed by atoms with E-state index in [0.29, 0.717) is 11.4 Å². The molecule has 0 saturated carbocycles. The number of amides is 1. The minimum absolute atomic E-state index is 0.125. The highest BCUT2D eigenvalue weighted by atomic mass is 32.2. The van der Waals surface area contributed by atoms with E-state index >= 15 is 0 Å². The van der Waals surface area contributed by atoms with Crippen molar-refractivity contribution in [1.82, 2.24) is 0 Å². The Morgan fingerprint density at radius 2 is 2.25 bits per heavy atom. The van der Waals surface area contributed by atoms with Crippen molar-refractivity contribution in [1.29, 1.82) is 0 Å². The lowest BCUT2D eigenvalue weighted by molar-refractivity contribution is -0.146. The average molecular weight is 239 g/mol. The van der Waals surface area contributed by atoms with Crippen molar-refractivity contribution in [3.63, 3.8) is 0 Å². The van der Waals surface area contributed by atoms with Crippen molar-refractivity contribution in [3.05, 3.63) is 23.8 Å². The third-order valence-electron chi connectivity index (χ3n) is 2.19. The molecule has 1 aliphatic heterocycles. The predicted molar refractivity (Wildman–Crippen MR) is 58.4 cm³/mol. The molecule has 1 amide bonds. The highest BCUT2D eigenvalue weighted by molar-refractivity contribution is 8.00. The number of carbonyl (C=O) groups is 2. The number of hydrogen-bond acceptors (Lipinski definition) is 4. The van der Waals surface area contributed by atoms with Gasteiger partial charge in [0.25, 0.3) is 0 Å². The zero-order valence-corrected chi connectivity index (χ0v) is 8.95. The van der Waals surface area contributed by atoms with Crippen LogP contribution in [0.2, 0.25) is 0 Å². The predicted octanol–water partition coefficient (Wildman–Crippen LogP) is 0.849. The monoisotopic (exact) mass is 239 g/mol. The number of aliphatic carboxylic acids is 1. The van der Waals surface area contributed by atoms with Crippen molar-refractivity contribution in [3.8, 4) is 0 Å². The van der Waals surface area contributed by atoms with Crippen molar-refractivity contribution in [2.75, 3.05) is 11.1 Å². The minimum atomic E-state index is -1.56. The smallest absolute Gasteiger partial charge is 0.337 e. The van der Waals surface area contributed by atoms with Crippen LogP contribution in [0, 0.1) is 0 Å². The molecule has 0 aromatic heterocycles. The van der Waals surface area contributed by atoms with E-state index in [4.69, 9.17) is 5.11 Å². The van der Waals surface area contributed by atoms with Crippen LogP contribution in [0.3, 0.4) is 0 Å². The zero-order valence-electron chi connectivity index (χ0n) is 8.14. The molecular weight excluding hydrogens is 230 g/mol. The Morgan fingerprint density at radius 3 is 2.94 bits per heavy atom. The van der Waals surface area contributed by atoms with Gasteiger partial charge in [0.1, 0.15) is 0 Å². The van der Waals surface area contributed by atoms with E-state index in [-0.39, 0.29) is 11.5 Å². The summed E-state index contributed by atoms with van der Waals surface area (Å²) in [5.74, 6) is -1.08. The van der Waals surface area contributed by atoms with Gasteiger partial charge in [0, 0.05) is 4.90 Å². The average Bonchev–Trinajstić information content (AvgIpc) is 2.26. The largest absolute Gasteiger partial charge is 0.479 e. The van der Waals surface area contributed by atoms with Gasteiger partial charge in [-0.1, -0.05) is 6.07 Å². The first-order valence-electron chi connectivity index (χ1n) is 4.55. The minimum Gasteiger partial charge on any atom is -0.479 e. The summed E-state index contributed by atoms with van der Waals surface area (Å²) < 4.78 is 0. The molecule has 1 aliphatic rings. The zero-order chi connectivity index (χ0) is 11.7. The standard InChI is InChI=1S/C10H9NO4S/c12-8-4-16-7-2-1-5(3-6(7)11-8)9(13)10(14)15/h1-3,9,13H,4H2,(H,11,12)(H,14,15). The summed E-state index contributed by atoms with van der Waals surface area (Å²) in [5, 5.41) is 20.6. The molecule has 3 N–H and O–H groups in total. The SMILES string of the molecule is O=C1CSc2ccc(C(O)C(=O)O)cc2N1. The van der Waals surface area contributed by atoms with E-state index in [1.54, 1.807) is 12.1 Å². The third kappa shape index (κ3) is 2.02. The van der Waals surface area contributed by atoms with E-state index in [1.807, 2.05) is 0 Å². The maximum absolute atomic E-state index is 11.1. The van der Waals surface area contributed by atoms with Gasteiger partial charge in [0.05, 0.1) is 11.4 Å². The lowest BCUT2D eigenvalue weighted by atomic mass is 10.1. The van der Waals surface area contributed by atoms with E-state index in [2.05, 4.69) is 5.32 Å². The Bertz CT molecular complexity index is 460. The second kappa shape index (κ2) is 4.15. The summed E-state index contributed by atoms with van der Waals surface area (Å²) in [4.78, 5) is 22.6. The van der Waals surface area contributed by atoms with Gasteiger partial charge in [-0.15, -0.1) is 11.8 Å². The van der Waals surface area contributed by atoms with Crippen LogP contribution in [0.15, 0.2) is 23.1 Å².